The Balaban J connectivity index is 2.86. The van der Waals surface area contributed by atoms with E-state index in [1.165, 1.54) is 0 Å². The lowest BCUT2D eigenvalue weighted by Gasteiger charge is -2.29. The summed E-state index contributed by atoms with van der Waals surface area (Å²) in [6.45, 7) is 8.25. The molecule has 0 fully saturated rings. The summed E-state index contributed by atoms with van der Waals surface area (Å²) in [5.74, 6) is -0.345. The fourth-order valence-corrected chi connectivity index (χ4v) is 1.57. The Bertz CT molecular complexity index is 374. The van der Waals surface area contributed by atoms with Crippen molar-refractivity contribution in [1.82, 2.24) is 4.98 Å². The molecule has 0 aliphatic rings. The topological polar surface area (TPSA) is 53.4 Å². The number of rotatable bonds is 5. The van der Waals surface area contributed by atoms with Gasteiger partial charge in [0.1, 0.15) is 5.82 Å². The molecule has 1 aromatic rings. The number of aliphatic carboxylic acids is 1. The molecule has 1 unspecified atom stereocenters. The first-order valence-electron chi connectivity index (χ1n) is 5.84. The molecular formula is C13H20N2O2. The molecule has 4 nitrogen and oxygen atoms in total. The van der Waals surface area contributed by atoms with E-state index >= 15 is 0 Å². The van der Waals surface area contributed by atoms with Gasteiger partial charge in [-0.05, 0) is 32.4 Å². The van der Waals surface area contributed by atoms with Crippen molar-refractivity contribution in [2.45, 2.75) is 33.7 Å². The SMILES string of the molecule is Cc1ccc(N(CC(C)C(=O)O)C(C)C)nc1. The Morgan fingerprint density at radius 1 is 1.41 bits per heavy atom. The van der Waals surface area contributed by atoms with Gasteiger partial charge in [-0.3, -0.25) is 4.79 Å². The summed E-state index contributed by atoms with van der Waals surface area (Å²) in [6.07, 6.45) is 1.80. The minimum Gasteiger partial charge on any atom is -0.481 e. The van der Waals surface area contributed by atoms with Crippen molar-refractivity contribution in [2.75, 3.05) is 11.4 Å². The standard InChI is InChI=1S/C13H20N2O2/c1-9(2)15(8-11(4)13(16)17)12-6-5-10(3)7-14-12/h5-7,9,11H,8H2,1-4H3,(H,16,17). The van der Waals surface area contributed by atoms with Crippen molar-refractivity contribution in [3.8, 4) is 0 Å². The molecule has 1 N–H and O–H groups in total. The molecule has 4 heteroatoms. The minimum atomic E-state index is -0.775. The van der Waals surface area contributed by atoms with E-state index in [2.05, 4.69) is 4.98 Å². The molecule has 1 atom stereocenters. The molecule has 1 rings (SSSR count). The van der Waals surface area contributed by atoms with Crippen LogP contribution in [0.25, 0.3) is 0 Å². The molecule has 0 radical (unpaired) electrons. The summed E-state index contributed by atoms with van der Waals surface area (Å²) in [7, 11) is 0. The van der Waals surface area contributed by atoms with Crippen molar-refractivity contribution >= 4 is 11.8 Å². The van der Waals surface area contributed by atoms with Crippen molar-refractivity contribution < 1.29 is 9.90 Å². The van der Waals surface area contributed by atoms with Gasteiger partial charge in [-0.25, -0.2) is 4.98 Å². The lowest BCUT2D eigenvalue weighted by atomic mass is 10.1. The maximum absolute atomic E-state index is 10.9. The lowest BCUT2D eigenvalue weighted by Crippen LogP contribution is -2.37. The van der Waals surface area contributed by atoms with Crippen LogP contribution in [0.1, 0.15) is 26.3 Å². The zero-order valence-corrected chi connectivity index (χ0v) is 10.8. The van der Waals surface area contributed by atoms with Gasteiger partial charge in [-0.15, -0.1) is 0 Å². The number of hydrogen-bond donors (Lipinski definition) is 1. The predicted molar refractivity (Wildman–Crippen MR) is 68.3 cm³/mol. The van der Waals surface area contributed by atoms with Gasteiger partial charge in [0.2, 0.25) is 0 Å². The summed E-state index contributed by atoms with van der Waals surface area (Å²) >= 11 is 0. The zero-order valence-electron chi connectivity index (χ0n) is 10.8. The van der Waals surface area contributed by atoms with Crippen molar-refractivity contribution in [2.24, 2.45) is 5.92 Å². The molecule has 0 amide bonds. The summed E-state index contributed by atoms with van der Waals surface area (Å²) in [6, 6.07) is 4.15. The van der Waals surface area contributed by atoms with Gasteiger partial charge in [0.15, 0.2) is 0 Å². The molecule has 17 heavy (non-hydrogen) atoms. The number of carboxylic acid groups (broad SMARTS) is 1. The second kappa shape index (κ2) is 5.66. The third kappa shape index (κ3) is 3.73. The maximum Gasteiger partial charge on any atom is 0.308 e. The van der Waals surface area contributed by atoms with Gasteiger partial charge in [0.25, 0.3) is 0 Å². The summed E-state index contributed by atoms with van der Waals surface area (Å²) in [5, 5.41) is 8.96. The van der Waals surface area contributed by atoms with Crippen molar-refractivity contribution in [3.05, 3.63) is 23.9 Å². The zero-order chi connectivity index (χ0) is 13.0. The van der Waals surface area contributed by atoms with Crippen LogP contribution >= 0.6 is 0 Å². The van der Waals surface area contributed by atoms with Crippen molar-refractivity contribution in [1.29, 1.82) is 0 Å². The number of nitrogens with zero attached hydrogens (tertiary/aromatic N) is 2. The van der Waals surface area contributed by atoms with E-state index in [1.807, 2.05) is 37.8 Å². The Hall–Kier alpha value is -1.58. The lowest BCUT2D eigenvalue weighted by molar-refractivity contribution is -0.140. The molecule has 0 bridgehead atoms. The molecule has 1 heterocycles. The van der Waals surface area contributed by atoms with E-state index in [-0.39, 0.29) is 6.04 Å². The van der Waals surface area contributed by atoms with Gasteiger partial charge in [-0.1, -0.05) is 13.0 Å². The van der Waals surface area contributed by atoms with E-state index in [4.69, 9.17) is 5.11 Å². The largest absolute Gasteiger partial charge is 0.481 e. The van der Waals surface area contributed by atoms with Gasteiger partial charge in [0.05, 0.1) is 5.92 Å². The first-order chi connectivity index (χ1) is 7.91. The maximum atomic E-state index is 10.9. The second-order valence-electron chi connectivity index (χ2n) is 4.68. The summed E-state index contributed by atoms with van der Waals surface area (Å²) in [5.41, 5.74) is 1.10. The number of pyridine rings is 1. The summed E-state index contributed by atoms with van der Waals surface area (Å²) in [4.78, 5) is 17.3. The highest BCUT2D eigenvalue weighted by molar-refractivity contribution is 5.70. The highest BCUT2D eigenvalue weighted by Crippen LogP contribution is 2.16. The van der Waals surface area contributed by atoms with Gasteiger partial charge < -0.3 is 10.0 Å². The fourth-order valence-electron chi connectivity index (χ4n) is 1.57. The Labute approximate surface area is 102 Å². The minimum absolute atomic E-state index is 0.229. The summed E-state index contributed by atoms with van der Waals surface area (Å²) < 4.78 is 0. The Kier molecular flexibility index (Phi) is 4.49. The van der Waals surface area contributed by atoms with Crippen molar-refractivity contribution in [3.63, 3.8) is 0 Å². The van der Waals surface area contributed by atoms with E-state index in [1.54, 1.807) is 13.1 Å². The van der Waals surface area contributed by atoms with Gasteiger partial charge in [-0.2, -0.15) is 0 Å². The number of carbonyl (C=O) groups is 1. The monoisotopic (exact) mass is 236 g/mol. The Morgan fingerprint density at radius 3 is 2.47 bits per heavy atom. The number of carboxylic acids is 1. The molecule has 0 saturated carbocycles. The molecule has 0 spiro atoms. The van der Waals surface area contributed by atoms with Crippen LogP contribution in [0, 0.1) is 12.8 Å². The molecule has 0 saturated heterocycles. The smallest absolute Gasteiger partial charge is 0.308 e. The second-order valence-corrected chi connectivity index (χ2v) is 4.68. The van der Waals surface area contributed by atoms with Crippen LogP contribution in [-0.2, 0) is 4.79 Å². The molecule has 0 aliphatic heterocycles. The van der Waals surface area contributed by atoms with Crippen LogP contribution in [0.5, 0.6) is 0 Å². The first kappa shape index (κ1) is 13.5. The fraction of sp³-hybridized carbons (Fsp3) is 0.538. The van der Waals surface area contributed by atoms with E-state index < -0.39 is 11.9 Å². The van der Waals surface area contributed by atoms with E-state index in [0.29, 0.717) is 6.54 Å². The molecule has 94 valence electrons. The number of aromatic nitrogens is 1. The molecule has 0 aromatic carbocycles. The highest BCUT2D eigenvalue weighted by Gasteiger charge is 2.19. The van der Waals surface area contributed by atoms with Crippen LogP contribution in [0.2, 0.25) is 0 Å². The normalized spacial score (nSPS) is 12.5. The van der Waals surface area contributed by atoms with Gasteiger partial charge in [0, 0.05) is 18.8 Å². The van der Waals surface area contributed by atoms with Crippen LogP contribution in [0.4, 0.5) is 5.82 Å². The highest BCUT2D eigenvalue weighted by atomic mass is 16.4. The number of anilines is 1. The van der Waals surface area contributed by atoms with Crippen LogP contribution < -0.4 is 4.90 Å². The van der Waals surface area contributed by atoms with Crippen LogP contribution in [0.3, 0.4) is 0 Å². The average molecular weight is 236 g/mol. The predicted octanol–water partition coefficient (Wildman–Crippen LogP) is 2.33. The van der Waals surface area contributed by atoms with Crippen LogP contribution in [0.15, 0.2) is 18.3 Å². The molecule has 0 aliphatic carbocycles. The molecule has 1 aromatic heterocycles. The molecular weight excluding hydrogens is 216 g/mol. The third-order valence-corrected chi connectivity index (χ3v) is 2.71. The quantitative estimate of drug-likeness (QED) is 0.852. The van der Waals surface area contributed by atoms with Gasteiger partial charge >= 0.3 is 5.97 Å². The Morgan fingerprint density at radius 2 is 2.06 bits per heavy atom. The van der Waals surface area contributed by atoms with Crippen LogP contribution in [-0.4, -0.2) is 28.6 Å². The first-order valence-corrected chi connectivity index (χ1v) is 5.84. The van der Waals surface area contributed by atoms with E-state index in [0.717, 1.165) is 11.4 Å². The average Bonchev–Trinajstić information content (AvgIpc) is 2.26. The number of hydrogen-bond acceptors (Lipinski definition) is 3. The number of aryl methyl sites for hydroxylation is 1. The third-order valence-electron chi connectivity index (χ3n) is 2.71. The van der Waals surface area contributed by atoms with E-state index in [9.17, 15) is 4.79 Å².